The summed E-state index contributed by atoms with van der Waals surface area (Å²) < 4.78 is 5.26. The number of aliphatic hydroxyl groups is 1. The van der Waals surface area contributed by atoms with Gasteiger partial charge in [-0.2, -0.15) is 0 Å². The molecule has 0 fully saturated rings. The number of ether oxygens (including phenoxy) is 1. The van der Waals surface area contributed by atoms with Crippen LogP contribution in [0.1, 0.15) is 47.5 Å². The Morgan fingerprint density at radius 1 is 1.29 bits per heavy atom. The van der Waals surface area contributed by atoms with E-state index in [9.17, 15) is 9.90 Å². The van der Waals surface area contributed by atoms with Gasteiger partial charge in [0.2, 0.25) is 0 Å². The molecule has 4 nitrogen and oxygen atoms in total. The smallest absolute Gasteiger partial charge is 0.410 e. The molecule has 1 amide bonds. The van der Waals surface area contributed by atoms with Gasteiger partial charge in [-0.3, -0.25) is 0 Å². The lowest BCUT2D eigenvalue weighted by atomic mass is 10.0. The van der Waals surface area contributed by atoms with E-state index in [1.165, 1.54) is 4.90 Å². The molecule has 0 saturated carbocycles. The summed E-state index contributed by atoms with van der Waals surface area (Å²) >= 11 is 0. The molecular formula is C13H27NO3. The molecule has 0 heterocycles. The highest BCUT2D eigenvalue weighted by atomic mass is 16.6. The first-order chi connectivity index (χ1) is 7.67. The van der Waals surface area contributed by atoms with Crippen LogP contribution in [0.5, 0.6) is 0 Å². The number of hydrogen-bond donors (Lipinski definition) is 1. The fraction of sp³-hybridized carbons (Fsp3) is 0.923. The maximum atomic E-state index is 11.8. The van der Waals surface area contributed by atoms with Crippen LogP contribution in [0.4, 0.5) is 4.79 Å². The zero-order valence-corrected chi connectivity index (χ0v) is 12.0. The van der Waals surface area contributed by atoms with Gasteiger partial charge in [0.15, 0.2) is 0 Å². The van der Waals surface area contributed by atoms with Gasteiger partial charge in [0.05, 0.1) is 12.6 Å². The van der Waals surface area contributed by atoms with Crippen molar-refractivity contribution in [1.29, 1.82) is 0 Å². The molecule has 0 radical (unpaired) electrons. The summed E-state index contributed by atoms with van der Waals surface area (Å²) in [7, 11) is 1.68. The Kier molecular flexibility index (Phi) is 6.53. The van der Waals surface area contributed by atoms with Crippen molar-refractivity contribution < 1.29 is 14.6 Å². The lowest BCUT2D eigenvalue weighted by Gasteiger charge is -2.30. The quantitative estimate of drug-likeness (QED) is 0.810. The molecule has 17 heavy (non-hydrogen) atoms. The number of amides is 1. The average molecular weight is 245 g/mol. The molecular weight excluding hydrogens is 218 g/mol. The minimum Gasteiger partial charge on any atom is -0.444 e. The normalized spacial score (nSPS) is 13.6. The molecule has 0 unspecified atom stereocenters. The SMILES string of the molecule is CC(C)CC[C@@H](CO)N(C)C(=O)OC(C)(C)C. The van der Waals surface area contributed by atoms with Crippen LogP contribution in [-0.4, -0.2) is 41.4 Å². The Bertz CT molecular complexity index is 233. The Labute approximate surface area is 105 Å². The van der Waals surface area contributed by atoms with E-state index < -0.39 is 5.60 Å². The number of hydrogen-bond acceptors (Lipinski definition) is 3. The molecule has 0 aliphatic carbocycles. The summed E-state index contributed by atoms with van der Waals surface area (Å²) in [5, 5.41) is 9.31. The van der Waals surface area contributed by atoms with Crippen LogP contribution in [0.15, 0.2) is 0 Å². The largest absolute Gasteiger partial charge is 0.444 e. The second-order valence-electron chi connectivity index (χ2n) is 5.90. The van der Waals surface area contributed by atoms with Crippen LogP contribution in [0, 0.1) is 5.92 Å². The van der Waals surface area contributed by atoms with Gasteiger partial charge < -0.3 is 14.7 Å². The highest BCUT2D eigenvalue weighted by Crippen LogP contribution is 2.14. The molecule has 0 aliphatic rings. The lowest BCUT2D eigenvalue weighted by molar-refractivity contribution is 0.0146. The minimum atomic E-state index is -0.497. The van der Waals surface area contributed by atoms with Crippen LogP contribution < -0.4 is 0 Å². The van der Waals surface area contributed by atoms with Crippen LogP contribution >= 0.6 is 0 Å². The molecule has 0 aromatic carbocycles. The number of likely N-dealkylation sites (N-methyl/N-ethyl adjacent to an activating group) is 1. The molecule has 0 aliphatic heterocycles. The molecule has 4 heteroatoms. The van der Waals surface area contributed by atoms with Crippen molar-refractivity contribution in [3.63, 3.8) is 0 Å². The Hall–Kier alpha value is -0.770. The Morgan fingerprint density at radius 2 is 1.82 bits per heavy atom. The van der Waals surface area contributed by atoms with E-state index in [0.717, 1.165) is 12.8 Å². The molecule has 0 aromatic rings. The summed E-state index contributed by atoms with van der Waals surface area (Å²) in [4.78, 5) is 13.3. The topological polar surface area (TPSA) is 49.8 Å². The lowest BCUT2D eigenvalue weighted by Crippen LogP contribution is -2.42. The molecule has 0 bridgehead atoms. The van der Waals surface area contributed by atoms with E-state index in [4.69, 9.17) is 4.74 Å². The number of carbonyl (C=O) groups is 1. The first-order valence-electron chi connectivity index (χ1n) is 6.24. The van der Waals surface area contributed by atoms with E-state index in [-0.39, 0.29) is 18.7 Å². The standard InChI is InChI=1S/C13H27NO3/c1-10(2)7-8-11(9-15)14(6)12(16)17-13(3,4)5/h10-11,15H,7-9H2,1-6H3/t11-/m0/s1. The fourth-order valence-corrected chi connectivity index (χ4v) is 1.42. The molecule has 1 N–H and O–H groups in total. The Morgan fingerprint density at radius 3 is 2.18 bits per heavy atom. The summed E-state index contributed by atoms with van der Waals surface area (Å²) in [5.74, 6) is 0.566. The van der Waals surface area contributed by atoms with Crippen LogP contribution in [0.2, 0.25) is 0 Å². The zero-order valence-electron chi connectivity index (χ0n) is 12.0. The first kappa shape index (κ1) is 16.2. The summed E-state index contributed by atoms with van der Waals surface area (Å²) in [6.07, 6.45) is 1.41. The van der Waals surface area contributed by atoms with Gasteiger partial charge in [0, 0.05) is 7.05 Å². The van der Waals surface area contributed by atoms with Gasteiger partial charge in [-0.05, 0) is 39.5 Å². The van der Waals surface area contributed by atoms with Crippen LogP contribution in [-0.2, 0) is 4.74 Å². The monoisotopic (exact) mass is 245 g/mol. The van der Waals surface area contributed by atoms with Gasteiger partial charge in [-0.25, -0.2) is 4.79 Å². The van der Waals surface area contributed by atoms with Crippen LogP contribution in [0.25, 0.3) is 0 Å². The van der Waals surface area contributed by atoms with E-state index in [1.807, 2.05) is 20.8 Å². The highest BCUT2D eigenvalue weighted by Gasteiger charge is 2.24. The highest BCUT2D eigenvalue weighted by molar-refractivity contribution is 5.68. The summed E-state index contributed by atoms with van der Waals surface area (Å²) in [5.41, 5.74) is -0.497. The number of carbonyl (C=O) groups excluding carboxylic acids is 1. The number of rotatable bonds is 5. The average Bonchev–Trinajstić information content (AvgIpc) is 2.15. The maximum absolute atomic E-state index is 11.8. The van der Waals surface area contributed by atoms with Gasteiger partial charge >= 0.3 is 6.09 Å². The fourth-order valence-electron chi connectivity index (χ4n) is 1.42. The van der Waals surface area contributed by atoms with Crippen molar-refractivity contribution in [2.75, 3.05) is 13.7 Å². The summed E-state index contributed by atoms with van der Waals surface area (Å²) in [6, 6.07) is -0.160. The van der Waals surface area contributed by atoms with E-state index in [0.29, 0.717) is 5.92 Å². The maximum Gasteiger partial charge on any atom is 0.410 e. The second-order valence-corrected chi connectivity index (χ2v) is 5.90. The van der Waals surface area contributed by atoms with E-state index in [1.54, 1.807) is 7.05 Å². The van der Waals surface area contributed by atoms with Crippen LogP contribution in [0.3, 0.4) is 0 Å². The van der Waals surface area contributed by atoms with Gasteiger partial charge in [0.25, 0.3) is 0 Å². The van der Waals surface area contributed by atoms with Crippen molar-refractivity contribution in [2.45, 2.75) is 59.1 Å². The third-order valence-electron chi connectivity index (χ3n) is 2.52. The molecule has 0 rings (SSSR count). The van der Waals surface area contributed by atoms with E-state index in [2.05, 4.69) is 13.8 Å². The van der Waals surface area contributed by atoms with Gasteiger partial charge in [-0.15, -0.1) is 0 Å². The molecule has 0 saturated heterocycles. The van der Waals surface area contributed by atoms with Gasteiger partial charge in [-0.1, -0.05) is 13.8 Å². The predicted molar refractivity (Wildman–Crippen MR) is 68.9 cm³/mol. The summed E-state index contributed by atoms with van der Waals surface area (Å²) in [6.45, 7) is 9.73. The molecule has 1 atom stereocenters. The number of aliphatic hydroxyl groups excluding tert-OH is 1. The molecule has 0 aromatic heterocycles. The first-order valence-corrected chi connectivity index (χ1v) is 6.24. The van der Waals surface area contributed by atoms with Crippen molar-refractivity contribution in [2.24, 2.45) is 5.92 Å². The molecule has 102 valence electrons. The van der Waals surface area contributed by atoms with Crippen molar-refractivity contribution in [1.82, 2.24) is 4.90 Å². The van der Waals surface area contributed by atoms with Gasteiger partial charge in [0.1, 0.15) is 5.60 Å². The Balaban J connectivity index is 4.32. The molecule has 0 spiro atoms. The van der Waals surface area contributed by atoms with Crippen molar-refractivity contribution in [3.8, 4) is 0 Å². The van der Waals surface area contributed by atoms with Crippen molar-refractivity contribution >= 4 is 6.09 Å². The second kappa shape index (κ2) is 6.84. The van der Waals surface area contributed by atoms with Crippen molar-refractivity contribution in [3.05, 3.63) is 0 Å². The third-order valence-corrected chi connectivity index (χ3v) is 2.52. The predicted octanol–water partition coefficient (Wildman–Crippen LogP) is 2.65. The third kappa shape index (κ3) is 7.21. The van der Waals surface area contributed by atoms with E-state index >= 15 is 0 Å². The zero-order chi connectivity index (χ0) is 13.6. The minimum absolute atomic E-state index is 0.0253. The number of nitrogens with zero attached hydrogens (tertiary/aromatic N) is 1.